The van der Waals surface area contributed by atoms with Crippen molar-refractivity contribution in [3.63, 3.8) is 0 Å². The summed E-state index contributed by atoms with van der Waals surface area (Å²) < 4.78 is 5.58. The summed E-state index contributed by atoms with van der Waals surface area (Å²) in [4.78, 5) is 39.0. The highest BCUT2D eigenvalue weighted by Gasteiger charge is 2.28. The fourth-order valence-electron chi connectivity index (χ4n) is 3.07. The van der Waals surface area contributed by atoms with E-state index in [0.717, 1.165) is 17.7 Å². The molecular weight excluding hydrogens is 348 g/mol. The van der Waals surface area contributed by atoms with Gasteiger partial charge in [-0.1, -0.05) is 19.1 Å². The van der Waals surface area contributed by atoms with Crippen molar-refractivity contribution in [3.8, 4) is 5.75 Å². The zero-order valence-electron chi connectivity index (χ0n) is 16.0. The normalized spacial score (nSPS) is 16.7. The minimum atomic E-state index is -0.873. The van der Waals surface area contributed by atoms with Gasteiger partial charge in [0.1, 0.15) is 5.75 Å². The Bertz CT molecular complexity index is 676. The third-order valence-electron chi connectivity index (χ3n) is 4.65. The second kappa shape index (κ2) is 9.94. The summed E-state index contributed by atoms with van der Waals surface area (Å²) in [6.45, 7) is 3.37. The molecule has 0 aliphatic carbocycles. The van der Waals surface area contributed by atoms with Crippen molar-refractivity contribution >= 4 is 17.8 Å². The Kier molecular flexibility index (Phi) is 7.64. The first-order valence-corrected chi connectivity index (χ1v) is 9.37. The number of piperidine rings is 1. The van der Waals surface area contributed by atoms with Crippen molar-refractivity contribution in [1.29, 1.82) is 0 Å². The number of carbonyl (C=O) groups is 3. The molecule has 1 heterocycles. The molecule has 1 aromatic carbocycles. The zero-order chi connectivity index (χ0) is 19.8. The number of amides is 2. The van der Waals surface area contributed by atoms with Crippen LogP contribution in [0.25, 0.3) is 0 Å². The highest BCUT2D eigenvalue weighted by Crippen LogP contribution is 2.17. The van der Waals surface area contributed by atoms with Crippen LogP contribution in [0.2, 0.25) is 0 Å². The van der Waals surface area contributed by atoms with Gasteiger partial charge in [-0.15, -0.1) is 0 Å². The van der Waals surface area contributed by atoms with Crippen LogP contribution in [0, 0.1) is 5.92 Å². The molecule has 1 N–H and O–H groups in total. The number of ether oxygens (including phenoxy) is 1. The van der Waals surface area contributed by atoms with Crippen LogP contribution in [0.3, 0.4) is 0 Å². The van der Waals surface area contributed by atoms with E-state index in [9.17, 15) is 14.4 Å². The van der Waals surface area contributed by atoms with Crippen LogP contribution in [0.5, 0.6) is 5.75 Å². The molecule has 0 radical (unpaired) electrons. The van der Waals surface area contributed by atoms with E-state index in [0.29, 0.717) is 26.0 Å². The topological polar surface area (TPSA) is 87.2 Å². The predicted octanol–water partition coefficient (Wildman–Crippen LogP) is 1.80. The van der Waals surface area contributed by atoms with Crippen molar-refractivity contribution in [2.45, 2.75) is 32.6 Å². The van der Waals surface area contributed by atoms with Crippen molar-refractivity contribution in [3.05, 3.63) is 29.8 Å². The van der Waals surface area contributed by atoms with Crippen molar-refractivity contribution in [2.75, 3.05) is 33.3 Å². The average Bonchev–Trinajstić information content (AvgIpc) is 2.66. The summed E-state index contributed by atoms with van der Waals surface area (Å²) in [5.41, 5.74) is 0.830. The van der Waals surface area contributed by atoms with Gasteiger partial charge in [-0.3, -0.25) is 14.4 Å². The molecule has 0 spiro atoms. The fraction of sp³-hybridized carbons (Fsp3) is 0.550. The number of likely N-dealkylation sites (N-methyl/N-ethyl adjacent to an activating group) is 1. The second-order valence-electron chi connectivity index (χ2n) is 6.94. The van der Waals surface area contributed by atoms with Gasteiger partial charge in [-0.2, -0.15) is 0 Å². The lowest BCUT2D eigenvalue weighted by atomic mass is 9.98. The maximum atomic E-state index is 12.4. The van der Waals surface area contributed by atoms with Crippen molar-refractivity contribution in [1.82, 2.24) is 9.80 Å². The number of likely N-dealkylation sites (tertiary alicyclic amines) is 1. The van der Waals surface area contributed by atoms with Gasteiger partial charge in [0.25, 0.3) is 0 Å². The van der Waals surface area contributed by atoms with Gasteiger partial charge in [0.2, 0.25) is 11.8 Å². The van der Waals surface area contributed by atoms with Gasteiger partial charge in [-0.25, -0.2) is 0 Å². The molecule has 27 heavy (non-hydrogen) atoms. The van der Waals surface area contributed by atoms with E-state index in [-0.39, 0.29) is 31.3 Å². The Labute approximate surface area is 159 Å². The number of hydrogen-bond acceptors (Lipinski definition) is 4. The van der Waals surface area contributed by atoms with Gasteiger partial charge in [0.15, 0.2) is 0 Å². The summed E-state index contributed by atoms with van der Waals surface area (Å²) in [5.74, 6) is -1.04. The van der Waals surface area contributed by atoms with Crippen LogP contribution in [-0.4, -0.2) is 66.0 Å². The summed E-state index contributed by atoms with van der Waals surface area (Å²) in [5, 5.41) is 9.14. The largest absolute Gasteiger partial charge is 0.494 e. The molecular formula is C20H28N2O5. The quantitative estimate of drug-likeness (QED) is 0.748. The van der Waals surface area contributed by atoms with E-state index in [4.69, 9.17) is 9.84 Å². The van der Waals surface area contributed by atoms with Crippen LogP contribution in [0.4, 0.5) is 0 Å². The number of benzene rings is 1. The van der Waals surface area contributed by atoms with E-state index >= 15 is 0 Å². The summed E-state index contributed by atoms with van der Waals surface area (Å²) >= 11 is 0. The lowest BCUT2D eigenvalue weighted by Gasteiger charge is -2.32. The fourth-order valence-corrected chi connectivity index (χ4v) is 3.07. The van der Waals surface area contributed by atoms with Crippen LogP contribution in [0.15, 0.2) is 24.3 Å². The average molecular weight is 376 g/mol. The molecule has 7 heteroatoms. The maximum Gasteiger partial charge on any atom is 0.308 e. The molecule has 1 saturated heterocycles. The minimum Gasteiger partial charge on any atom is -0.494 e. The van der Waals surface area contributed by atoms with Crippen LogP contribution in [0.1, 0.15) is 31.7 Å². The summed E-state index contributed by atoms with van der Waals surface area (Å²) in [6, 6.07) is 7.39. The maximum absolute atomic E-state index is 12.4. The first-order chi connectivity index (χ1) is 12.9. The molecule has 1 unspecified atom stereocenters. The highest BCUT2D eigenvalue weighted by atomic mass is 16.5. The first kappa shape index (κ1) is 20.7. The highest BCUT2D eigenvalue weighted by molar-refractivity contribution is 5.86. The smallest absolute Gasteiger partial charge is 0.308 e. The Morgan fingerprint density at radius 3 is 2.81 bits per heavy atom. The molecule has 2 rings (SSSR count). The van der Waals surface area contributed by atoms with Crippen LogP contribution in [-0.2, 0) is 20.8 Å². The van der Waals surface area contributed by atoms with E-state index in [2.05, 4.69) is 0 Å². The summed E-state index contributed by atoms with van der Waals surface area (Å²) in [7, 11) is 1.59. The SMILES string of the molecule is CCCOc1cccc(CC(=O)N(C)CC(=O)N2CCCC(C(=O)O)C2)c1. The lowest BCUT2D eigenvalue weighted by molar-refractivity contribution is -0.147. The van der Waals surface area contributed by atoms with Gasteiger partial charge < -0.3 is 19.6 Å². The molecule has 1 fully saturated rings. The summed E-state index contributed by atoms with van der Waals surface area (Å²) in [6.07, 6.45) is 2.35. The van der Waals surface area contributed by atoms with Crippen LogP contribution >= 0.6 is 0 Å². The molecule has 1 aliphatic heterocycles. The molecule has 2 amide bonds. The van der Waals surface area contributed by atoms with E-state index in [1.54, 1.807) is 11.9 Å². The predicted molar refractivity (Wildman–Crippen MR) is 101 cm³/mol. The molecule has 1 atom stereocenters. The lowest BCUT2D eigenvalue weighted by Crippen LogP contribution is -2.47. The number of aliphatic carboxylic acids is 1. The third kappa shape index (κ3) is 6.27. The first-order valence-electron chi connectivity index (χ1n) is 9.37. The number of nitrogens with zero attached hydrogens (tertiary/aromatic N) is 2. The van der Waals surface area contributed by atoms with Gasteiger partial charge in [0.05, 0.1) is 25.5 Å². The second-order valence-corrected chi connectivity index (χ2v) is 6.94. The molecule has 148 valence electrons. The molecule has 7 nitrogen and oxygen atoms in total. The Morgan fingerprint density at radius 1 is 1.33 bits per heavy atom. The van der Waals surface area contributed by atoms with Gasteiger partial charge in [-0.05, 0) is 37.0 Å². The molecule has 1 aliphatic rings. The number of carboxylic acid groups (broad SMARTS) is 1. The van der Waals surface area contributed by atoms with Gasteiger partial charge in [0, 0.05) is 20.1 Å². The molecule has 0 saturated carbocycles. The van der Waals surface area contributed by atoms with Gasteiger partial charge >= 0.3 is 5.97 Å². The van der Waals surface area contributed by atoms with E-state index in [1.807, 2.05) is 31.2 Å². The van der Waals surface area contributed by atoms with Crippen molar-refractivity contribution < 1.29 is 24.2 Å². The van der Waals surface area contributed by atoms with Crippen LogP contribution < -0.4 is 4.74 Å². The number of hydrogen-bond donors (Lipinski definition) is 1. The standard InChI is InChI=1S/C20H28N2O5/c1-3-10-27-17-8-4-6-15(11-17)12-18(23)21(2)14-19(24)22-9-5-7-16(13-22)20(25)26/h4,6,8,11,16H,3,5,7,9-10,12-14H2,1-2H3,(H,25,26). The minimum absolute atomic E-state index is 0.0444. The Hall–Kier alpha value is -2.57. The molecule has 1 aromatic rings. The molecule has 0 aromatic heterocycles. The van der Waals surface area contributed by atoms with E-state index in [1.165, 1.54) is 4.90 Å². The number of carboxylic acids is 1. The zero-order valence-corrected chi connectivity index (χ0v) is 16.0. The van der Waals surface area contributed by atoms with Crippen molar-refractivity contribution in [2.24, 2.45) is 5.92 Å². The Balaban J connectivity index is 1.87. The number of rotatable bonds is 8. The van der Waals surface area contributed by atoms with E-state index < -0.39 is 11.9 Å². The number of carbonyl (C=O) groups excluding carboxylic acids is 2. The molecule has 0 bridgehead atoms. The Morgan fingerprint density at radius 2 is 2.11 bits per heavy atom. The monoisotopic (exact) mass is 376 g/mol. The third-order valence-corrected chi connectivity index (χ3v) is 4.65.